The molecule has 0 bridgehead atoms. The predicted molar refractivity (Wildman–Crippen MR) is 94.0 cm³/mol. The van der Waals surface area contributed by atoms with Crippen LogP contribution in [0.2, 0.25) is 0 Å². The van der Waals surface area contributed by atoms with E-state index in [1.165, 1.54) is 6.08 Å². The average Bonchev–Trinajstić information content (AvgIpc) is 2.55. The highest BCUT2D eigenvalue weighted by atomic mass is 16.6. The van der Waals surface area contributed by atoms with Gasteiger partial charge in [0.1, 0.15) is 18.5 Å². The molecule has 0 heterocycles. The van der Waals surface area contributed by atoms with Crippen molar-refractivity contribution in [3.05, 3.63) is 48.0 Å². The SMILES string of the molecule is CC(C)(C)OC(=O)N(CCC/C=C/C=O)C(=O)OCc1ccccc1. The Bertz CT molecular complexity index is 590. The number of amides is 2. The van der Waals surface area contributed by atoms with Crippen molar-refractivity contribution in [3.8, 4) is 0 Å². The Hall–Kier alpha value is -2.63. The zero-order valence-corrected chi connectivity index (χ0v) is 14.9. The van der Waals surface area contributed by atoms with Gasteiger partial charge >= 0.3 is 12.2 Å². The first-order chi connectivity index (χ1) is 11.8. The van der Waals surface area contributed by atoms with Crippen molar-refractivity contribution in [2.75, 3.05) is 6.54 Å². The van der Waals surface area contributed by atoms with Crippen LogP contribution in [0.1, 0.15) is 39.2 Å². The maximum absolute atomic E-state index is 12.3. The molecule has 136 valence electrons. The first-order valence-electron chi connectivity index (χ1n) is 8.15. The first kappa shape index (κ1) is 20.4. The minimum atomic E-state index is -0.752. The van der Waals surface area contributed by atoms with Crippen LogP contribution in [0.15, 0.2) is 42.5 Å². The molecule has 0 aliphatic heterocycles. The van der Waals surface area contributed by atoms with Crippen LogP contribution in [0, 0.1) is 0 Å². The van der Waals surface area contributed by atoms with Gasteiger partial charge in [0.2, 0.25) is 0 Å². The summed E-state index contributed by atoms with van der Waals surface area (Å²) in [5.74, 6) is 0. The minimum Gasteiger partial charge on any atom is -0.444 e. The Labute approximate surface area is 148 Å². The van der Waals surface area contributed by atoms with Crippen LogP contribution < -0.4 is 0 Å². The normalized spacial score (nSPS) is 11.2. The lowest BCUT2D eigenvalue weighted by atomic mass is 10.2. The van der Waals surface area contributed by atoms with Crippen LogP contribution in [0.3, 0.4) is 0 Å². The number of carbonyl (C=O) groups excluding carboxylic acids is 3. The van der Waals surface area contributed by atoms with Crippen molar-refractivity contribution < 1.29 is 23.9 Å². The Kier molecular flexibility index (Phi) is 8.39. The van der Waals surface area contributed by atoms with Crippen molar-refractivity contribution in [3.63, 3.8) is 0 Å². The fourth-order valence-electron chi connectivity index (χ4n) is 1.89. The topological polar surface area (TPSA) is 72.9 Å². The molecule has 6 nitrogen and oxygen atoms in total. The van der Waals surface area contributed by atoms with E-state index < -0.39 is 17.8 Å². The van der Waals surface area contributed by atoms with Gasteiger partial charge in [-0.25, -0.2) is 14.5 Å². The zero-order chi connectivity index (χ0) is 18.7. The second-order valence-electron chi connectivity index (χ2n) is 6.38. The van der Waals surface area contributed by atoms with E-state index in [0.717, 1.165) is 10.5 Å². The number of benzene rings is 1. The predicted octanol–water partition coefficient (Wildman–Crippen LogP) is 4.10. The van der Waals surface area contributed by atoms with Gasteiger partial charge in [-0.3, -0.25) is 4.79 Å². The summed E-state index contributed by atoms with van der Waals surface area (Å²) in [6.07, 6.45) is 3.30. The zero-order valence-electron chi connectivity index (χ0n) is 14.9. The number of hydrogen-bond donors (Lipinski definition) is 0. The molecule has 0 N–H and O–H groups in total. The van der Waals surface area contributed by atoms with Gasteiger partial charge in [-0.1, -0.05) is 36.4 Å². The summed E-state index contributed by atoms with van der Waals surface area (Å²) in [6, 6.07) is 9.21. The van der Waals surface area contributed by atoms with Crippen molar-refractivity contribution in [1.82, 2.24) is 4.90 Å². The van der Waals surface area contributed by atoms with Crippen LogP contribution in [-0.2, 0) is 20.9 Å². The fourth-order valence-corrected chi connectivity index (χ4v) is 1.89. The molecule has 25 heavy (non-hydrogen) atoms. The number of unbranched alkanes of at least 4 members (excludes halogenated alkanes) is 1. The van der Waals surface area contributed by atoms with Crippen LogP contribution in [0.25, 0.3) is 0 Å². The number of rotatable bonds is 7. The molecule has 0 spiro atoms. The summed E-state index contributed by atoms with van der Waals surface area (Å²) in [5.41, 5.74) is 0.112. The van der Waals surface area contributed by atoms with Crippen molar-refractivity contribution in [2.24, 2.45) is 0 Å². The monoisotopic (exact) mass is 347 g/mol. The lowest BCUT2D eigenvalue weighted by molar-refractivity contribution is -0.104. The molecular formula is C19H25NO5. The first-order valence-corrected chi connectivity index (χ1v) is 8.15. The lowest BCUT2D eigenvalue weighted by Gasteiger charge is -2.25. The molecule has 0 atom stereocenters. The lowest BCUT2D eigenvalue weighted by Crippen LogP contribution is -2.41. The Morgan fingerprint density at radius 2 is 1.80 bits per heavy atom. The van der Waals surface area contributed by atoms with Crippen LogP contribution >= 0.6 is 0 Å². The molecule has 0 saturated carbocycles. The largest absolute Gasteiger partial charge is 0.444 e. The number of aldehydes is 1. The summed E-state index contributed by atoms with van der Waals surface area (Å²) >= 11 is 0. The number of allylic oxidation sites excluding steroid dienone is 2. The standard InChI is InChI=1S/C19H25NO5/c1-19(2,3)25-18(23)20(13-9-4-5-10-14-21)17(22)24-15-16-11-7-6-8-12-16/h5-8,10-12,14H,4,9,13,15H2,1-3H3/b10-5+. The van der Waals surface area contributed by atoms with Gasteiger partial charge in [0.25, 0.3) is 0 Å². The molecule has 6 heteroatoms. The maximum Gasteiger partial charge on any atom is 0.419 e. The summed E-state index contributed by atoms with van der Waals surface area (Å²) in [5, 5.41) is 0. The number of ether oxygens (including phenoxy) is 2. The molecular weight excluding hydrogens is 322 g/mol. The summed E-state index contributed by atoms with van der Waals surface area (Å²) in [4.78, 5) is 35.7. The van der Waals surface area contributed by atoms with E-state index in [1.807, 2.05) is 30.3 Å². The van der Waals surface area contributed by atoms with E-state index in [-0.39, 0.29) is 13.2 Å². The van der Waals surface area contributed by atoms with Crippen LogP contribution in [-0.4, -0.2) is 35.5 Å². The molecule has 0 unspecified atom stereocenters. The Morgan fingerprint density at radius 1 is 1.12 bits per heavy atom. The van der Waals surface area contributed by atoms with E-state index in [1.54, 1.807) is 26.8 Å². The summed E-state index contributed by atoms with van der Waals surface area (Å²) in [6.45, 7) is 5.40. The van der Waals surface area contributed by atoms with E-state index in [9.17, 15) is 14.4 Å². The molecule has 2 amide bonds. The quantitative estimate of drug-likeness (QED) is 0.422. The minimum absolute atomic E-state index is 0.0734. The molecule has 0 aliphatic rings. The third-order valence-electron chi connectivity index (χ3n) is 3.01. The number of nitrogens with zero attached hydrogens (tertiary/aromatic N) is 1. The van der Waals surface area contributed by atoms with Gasteiger partial charge in [-0.2, -0.15) is 0 Å². The highest BCUT2D eigenvalue weighted by molar-refractivity contribution is 5.87. The Balaban J connectivity index is 2.67. The smallest absolute Gasteiger partial charge is 0.419 e. The van der Waals surface area contributed by atoms with Crippen LogP contribution in [0.5, 0.6) is 0 Å². The van der Waals surface area contributed by atoms with E-state index >= 15 is 0 Å². The highest BCUT2D eigenvalue weighted by Gasteiger charge is 2.28. The van der Waals surface area contributed by atoms with E-state index in [4.69, 9.17) is 9.47 Å². The van der Waals surface area contributed by atoms with Gasteiger partial charge in [-0.15, -0.1) is 0 Å². The van der Waals surface area contributed by atoms with Crippen molar-refractivity contribution in [2.45, 2.75) is 45.8 Å². The molecule has 0 fully saturated rings. The van der Waals surface area contributed by atoms with Gasteiger partial charge < -0.3 is 9.47 Å². The summed E-state index contributed by atoms with van der Waals surface area (Å²) < 4.78 is 10.5. The second-order valence-corrected chi connectivity index (χ2v) is 6.38. The number of hydrogen-bond acceptors (Lipinski definition) is 5. The average molecular weight is 347 g/mol. The van der Waals surface area contributed by atoms with E-state index in [2.05, 4.69) is 0 Å². The van der Waals surface area contributed by atoms with Gasteiger partial charge in [-0.05, 0) is 45.3 Å². The van der Waals surface area contributed by atoms with Gasteiger partial charge in [0.05, 0.1) is 0 Å². The molecule has 1 aromatic carbocycles. The van der Waals surface area contributed by atoms with Crippen molar-refractivity contribution in [1.29, 1.82) is 0 Å². The molecule has 1 aromatic rings. The molecule has 0 radical (unpaired) electrons. The molecule has 0 aliphatic carbocycles. The third-order valence-corrected chi connectivity index (χ3v) is 3.01. The summed E-state index contributed by atoms with van der Waals surface area (Å²) in [7, 11) is 0. The number of carbonyl (C=O) groups is 3. The number of imide groups is 1. The maximum atomic E-state index is 12.3. The third kappa shape index (κ3) is 8.69. The highest BCUT2D eigenvalue weighted by Crippen LogP contribution is 2.12. The van der Waals surface area contributed by atoms with Gasteiger partial charge in [0, 0.05) is 6.54 Å². The van der Waals surface area contributed by atoms with Crippen LogP contribution in [0.4, 0.5) is 9.59 Å². The Morgan fingerprint density at radius 3 is 2.40 bits per heavy atom. The molecule has 0 saturated heterocycles. The fraction of sp³-hybridized carbons (Fsp3) is 0.421. The van der Waals surface area contributed by atoms with Gasteiger partial charge in [0.15, 0.2) is 0 Å². The van der Waals surface area contributed by atoms with E-state index in [0.29, 0.717) is 19.1 Å². The molecule has 0 aromatic heterocycles. The second kappa shape index (κ2) is 10.3. The molecule has 1 rings (SSSR count). The van der Waals surface area contributed by atoms with Crippen molar-refractivity contribution >= 4 is 18.5 Å².